The van der Waals surface area contributed by atoms with E-state index in [-0.39, 0.29) is 11.2 Å². The molecule has 1 aromatic rings. The van der Waals surface area contributed by atoms with Crippen molar-refractivity contribution in [2.75, 3.05) is 0 Å². The van der Waals surface area contributed by atoms with Crippen LogP contribution in [-0.4, -0.2) is 5.11 Å². The lowest BCUT2D eigenvalue weighted by Gasteiger charge is -2.00. The molecular weight excluding hydrogens is 232 g/mol. The zero-order valence-corrected chi connectivity index (χ0v) is 9.13. The predicted molar refractivity (Wildman–Crippen MR) is 56.2 cm³/mol. The third kappa shape index (κ3) is 2.31. The molecule has 0 bridgehead atoms. The van der Waals surface area contributed by atoms with Crippen molar-refractivity contribution >= 4 is 15.9 Å². The van der Waals surface area contributed by atoms with Crippen LogP contribution in [0.4, 0.5) is 0 Å². The predicted octanol–water partition coefficient (Wildman–Crippen LogP) is 2.64. The highest BCUT2D eigenvalue weighted by molar-refractivity contribution is 9.10. The molecule has 1 N–H and O–H groups in total. The third-order valence-electron chi connectivity index (χ3n) is 1.84. The fourth-order valence-electron chi connectivity index (χ4n) is 0.998. The second-order valence-corrected chi connectivity index (χ2v) is 4.05. The molecule has 0 spiro atoms. The number of hydrogen-bond donors (Lipinski definition) is 1. The van der Waals surface area contributed by atoms with E-state index in [1.165, 1.54) is 6.07 Å². The van der Waals surface area contributed by atoms with Crippen molar-refractivity contribution in [2.45, 2.75) is 19.8 Å². The fraction of sp³-hybridized carbons (Fsp3) is 0.300. The van der Waals surface area contributed by atoms with E-state index in [2.05, 4.69) is 15.9 Å². The molecule has 2 nitrogen and oxygen atoms in total. The molecule has 0 radical (unpaired) electrons. The zero-order chi connectivity index (χ0) is 10.0. The lowest BCUT2D eigenvalue weighted by atomic mass is 10.1. The maximum atomic E-state index is 11.2. The van der Waals surface area contributed by atoms with Gasteiger partial charge >= 0.3 is 0 Å². The molecule has 0 saturated carbocycles. The number of halogens is 1. The van der Waals surface area contributed by atoms with E-state index in [0.29, 0.717) is 10.4 Å². The molecule has 0 heterocycles. The standard InChI is InChI=1S/C10H11BrO2/c1-6(2)7-3-4-8(11)10(13)9(12)5-7/h3-6H,1-2H3,(H,12,13). The summed E-state index contributed by atoms with van der Waals surface area (Å²) in [7, 11) is 0. The Morgan fingerprint density at radius 2 is 2.00 bits per heavy atom. The van der Waals surface area contributed by atoms with Gasteiger partial charge in [-0.15, -0.1) is 0 Å². The molecule has 0 unspecified atom stereocenters. The molecule has 0 atom stereocenters. The van der Waals surface area contributed by atoms with Crippen molar-refractivity contribution < 1.29 is 5.11 Å². The molecule has 3 heteroatoms. The summed E-state index contributed by atoms with van der Waals surface area (Å²) in [6.07, 6.45) is 0. The molecule has 0 aromatic heterocycles. The molecule has 0 fully saturated rings. The molecule has 1 rings (SSSR count). The summed E-state index contributed by atoms with van der Waals surface area (Å²) in [5.74, 6) is 0.0881. The van der Waals surface area contributed by atoms with Gasteiger partial charge < -0.3 is 5.11 Å². The van der Waals surface area contributed by atoms with Crippen molar-refractivity contribution in [1.82, 2.24) is 0 Å². The Labute approximate surface area is 85.4 Å². The minimum absolute atomic E-state index is 0.208. The van der Waals surface area contributed by atoms with Gasteiger partial charge in [0.05, 0.1) is 4.47 Å². The maximum absolute atomic E-state index is 11.2. The average Bonchev–Trinajstić information content (AvgIpc) is 2.19. The first kappa shape index (κ1) is 10.3. The molecule has 0 amide bonds. The van der Waals surface area contributed by atoms with Gasteiger partial charge in [-0.3, -0.25) is 4.79 Å². The number of rotatable bonds is 1. The van der Waals surface area contributed by atoms with Crippen LogP contribution in [0.2, 0.25) is 0 Å². The fourth-order valence-corrected chi connectivity index (χ4v) is 1.33. The third-order valence-corrected chi connectivity index (χ3v) is 2.47. The quantitative estimate of drug-likeness (QED) is 0.823. The van der Waals surface area contributed by atoms with Gasteiger partial charge in [0.25, 0.3) is 0 Å². The van der Waals surface area contributed by atoms with Crippen LogP contribution in [0.5, 0.6) is 5.75 Å². The van der Waals surface area contributed by atoms with Crippen LogP contribution in [0, 0.1) is 0 Å². The Kier molecular flexibility index (Phi) is 3.09. The smallest absolute Gasteiger partial charge is 0.234 e. The van der Waals surface area contributed by atoms with Gasteiger partial charge in [-0.05, 0) is 39.5 Å². The molecule has 0 aliphatic heterocycles. The Bertz CT molecular complexity index is 372. The van der Waals surface area contributed by atoms with E-state index in [4.69, 9.17) is 0 Å². The van der Waals surface area contributed by atoms with Crippen molar-refractivity contribution in [1.29, 1.82) is 0 Å². The van der Waals surface area contributed by atoms with E-state index in [9.17, 15) is 9.90 Å². The summed E-state index contributed by atoms with van der Waals surface area (Å²) in [5.41, 5.74) is 0.576. The Morgan fingerprint density at radius 1 is 1.38 bits per heavy atom. The van der Waals surface area contributed by atoms with Crippen molar-refractivity contribution in [3.05, 3.63) is 38.5 Å². The summed E-state index contributed by atoms with van der Waals surface area (Å²) in [6, 6.07) is 5.00. The van der Waals surface area contributed by atoms with Crippen LogP contribution in [0.15, 0.2) is 27.5 Å². The van der Waals surface area contributed by atoms with E-state index >= 15 is 0 Å². The molecular formula is C10H11BrO2. The average molecular weight is 243 g/mol. The van der Waals surface area contributed by atoms with Crippen molar-refractivity contribution in [3.63, 3.8) is 0 Å². The summed E-state index contributed by atoms with van der Waals surface area (Å²) >= 11 is 3.09. The zero-order valence-electron chi connectivity index (χ0n) is 7.54. The summed E-state index contributed by atoms with van der Waals surface area (Å²) in [5, 5.41) is 9.35. The first-order chi connectivity index (χ1) is 6.02. The molecule has 0 aliphatic carbocycles. The largest absolute Gasteiger partial charge is 0.504 e. The highest BCUT2D eigenvalue weighted by Crippen LogP contribution is 2.17. The van der Waals surface area contributed by atoms with Gasteiger partial charge in [0, 0.05) is 0 Å². The molecule has 0 saturated heterocycles. The molecule has 13 heavy (non-hydrogen) atoms. The normalized spacial score (nSPS) is 10.5. The highest BCUT2D eigenvalue weighted by atomic mass is 79.9. The van der Waals surface area contributed by atoms with Crippen LogP contribution < -0.4 is 5.43 Å². The Morgan fingerprint density at radius 3 is 2.54 bits per heavy atom. The first-order valence-electron chi connectivity index (χ1n) is 4.05. The Hall–Kier alpha value is -0.830. The van der Waals surface area contributed by atoms with E-state index in [1.54, 1.807) is 6.07 Å². The lowest BCUT2D eigenvalue weighted by molar-refractivity contribution is 0.469. The highest BCUT2D eigenvalue weighted by Gasteiger charge is 2.03. The maximum Gasteiger partial charge on any atom is 0.234 e. The molecule has 0 aliphatic rings. The van der Waals surface area contributed by atoms with Crippen LogP contribution in [0.25, 0.3) is 0 Å². The van der Waals surface area contributed by atoms with E-state index in [0.717, 1.165) is 5.56 Å². The van der Waals surface area contributed by atoms with Gasteiger partial charge in [-0.25, -0.2) is 0 Å². The SMILES string of the molecule is CC(C)c1ccc(Br)c(=O)c(O)c1. The van der Waals surface area contributed by atoms with Gasteiger partial charge in [0.1, 0.15) is 0 Å². The van der Waals surface area contributed by atoms with Crippen LogP contribution in [0.3, 0.4) is 0 Å². The van der Waals surface area contributed by atoms with Crippen molar-refractivity contribution in [3.8, 4) is 5.75 Å². The number of aromatic hydroxyl groups is 1. The second-order valence-electron chi connectivity index (χ2n) is 3.19. The molecule has 1 aromatic carbocycles. The monoisotopic (exact) mass is 242 g/mol. The van der Waals surface area contributed by atoms with Crippen LogP contribution >= 0.6 is 15.9 Å². The lowest BCUT2D eigenvalue weighted by Crippen LogP contribution is -1.95. The summed E-state index contributed by atoms with van der Waals surface area (Å²) in [6.45, 7) is 4.01. The first-order valence-corrected chi connectivity index (χ1v) is 4.84. The van der Waals surface area contributed by atoms with Crippen LogP contribution in [-0.2, 0) is 0 Å². The van der Waals surface area contributed by atoms with Gasteiger partial charge in [-0.1, -0.05) is 19.9 Å². The van der Waals surface area contributed by atoms with Crippen LogP contribution in [0.1, 0.15) is 25.3 Å². The second kappa shape index (κ2) is 3.92. The minimum Gasteiger partial charge on any atom is -0.504 e. The van der Waals surface area contributed by atoms with Crippen molar-refractivity contribution in [2.24, 2.45) is 0 Å². The Balaban J connectivity index is 3.43. The van der Waals surface area contributed by atoms with E-state index in [1.807, 2.05) is 19.9 Å². The van der Waals surface area contributed by atoms with Gasteiger partial charge in [0.15, 0.2) is 5.75 Å². The van der Waals surface area contributed by atoms with Gasteiger partial charge in [0.2, 0.25) is 5.43 Å². The van der Waals surface area contributed by atoms with Gasteiger partial charge in [-0.2, -0.15) is 0 Å². The summed E-state index contributed by atoms with van der Waals surface area (Å²) < 4.78 is 0.386. The van der Waals surface area contributed by atoms with E-state index < -0.39 is 0 Å². The number of hydrogen-bond acceptors (Lipinski definition) is 2. The minimum atomic E-state index is -0.369. The molecule has 70 valence electrons. The summed E-state index contributed by atoms with van der Waals surface area (Å²) in [4.78, 5) is 11.2. The topological polar surface area (TPSA) is 37.3 Å².